The van der Waals surface area contributed by atoms with E-state index in [1.54, 1.807) is 18.2 Å². The molecule has 1 atom stereocenters. The molecule has 0 spiro atoms. The normalized spacial score (nSPS) is 13.9. The van der Waals surface area contributed by atoms with Crippen LogP contribution >= 0.6 is 0 Å². The van der Waals surface area contributed by atoms with E-state index in [0.29, 0.717) is 0 Å². The van der Waals surface area contributed by atoms with Gasteiger partial charge >= 0.3 is 0 Å². The lowest BCUT2D eigenvalue weighted by Gasteiger charge is -2.16. The fourth-order valence-corrected chi connectivity index (χ4v) is 4.36. The predicted octanol–water partition coefficient (Wildman–Crippen LogP) is 1.96. The minimum Gasteiger partial charge on any atom is -0.468 e. The van der Waals surface area contributed by atoms with E-state index >= 15 is 0 Å². The Balaban J connectivity index is 2.46. The molecule has 6 nitrogen and oxygen atoms in total. The second-order valence-corrected chi connectivity index (χ2v) is 9.38. The molecule has 0 saturated carbocycles. The van der Waals surface area contributed by atoms with Crippen LogP contribution in [0.3, 0.4) is 0 Å². The summed E-state index contributed by atoms with van der Waals surface area (Å²) in [5, 5.41) is -1.13. The molecule has 1 heterocycles. The zero-order valence-corrected chi connectivity index (χ0v) is 14.7. The molecule has 0 bridgehead atoms. The number of hydrogen-bond acceptors (Lipinski definition) is 5. The number of sulfonamides is 1. The third kappa shape index (κ3) is 4.21. The maximum Gasteiger partial charge on any atom is 0.208 e. The molecular weight excluding hydrogens is 338 g/mol. The zero-order chi connectivity index (χ0) is 17.3. The highest BCUT2D eigenvalue weighted by atomic mass is 32.2. The number of aryl methyl sites for hydroxylation is 2. The third-order valence-corrected chi connectivity index (χ3v) is 6.32. The van der Waals surface area contributed by atoms with Crippen molar-refractivity contribution in [1.29, 1.82) is 0 Å². The molecular formula is C15H19NO5S2. The first-order chi connectivity index (χ1) is 10.6. The lowest BCUT2D eigenvalue weighted by molar-refractivity contribution is 0.487. The number of nitrogens with one attached hydrogen (secondary N) is 1. The van der Waals surface area contributed by atoms with Gasteiger partial charge in [0.1, 0.15) is 11.0 Å². The summed E-state index contributed by atoms with van der Waals surface area (Å²) in [4.78, 5) is 0.136. The van der Waals surface area contributed by atoms with Gasteiger partial charge in [-0.15, -0.1) is 0 Å². The lowest BCUT2D eigenvalue weighted by Crippen LogP contribution is -2.31. The van der Waals surface area contributed by atoms with Crippen LogP contribution in [0.15, 0.2) is 45.9 Å². The predicted molar refractivity (Wildman–Crippen MR) is 87.4 cm³/mol. The second-order valence-electron chi connectivity index (χ2n) is 5.42. The van der Waals surface area contributed by atoms with E-state index in [0.717, 1.165) is 17.4 Å². The molecule has 2 rings (SSSR count). The van der Waals surface area contributed by atoms with Gasteiger partial charge in [0.05, 0.1) is 17.4 Å². The number of hydrogen-bond donors (Lipinski definition) is 1. The van der Waals surface area contributed by atoms with Crippen molar-refractivity contribution in [2.45, 2.75) is 24.0 Å². The highest BCUT2D eigenvalue weighted by molar-refractivity contribution is 7.92. The molecule has 0 aliphatic rings. The molecule has 126 valence electrons. The molecule has 0 aliphatic carbocycles. The van der Waals surface area contributed by atoms with Crippen LogP contribution in [0.1, 0.15) is 22.1 Å². The number of sulfone groups is 1. The van der Waals surface area contributed by atoms with Crippen LogP contribution in [0.4, 0.5) is 0 Å². The molecule has 0 aliphatic heterocycles. The van der Waals surface area contributed by atoms with Gasteiger partial charge in [-0.1, -0.05) is 6.07 Å². The molecule has 0 saturated heterocycles. The van der Waals surface area contributed by atoms with Crippen molar-refractivity contribution < 1.29 is 21.3 Å². The Labute approximate surface area is 136 Å². The van der Waals surface area contributed by atoms with Gasteiger partial charge in [0.15, 0.2) is 9.84 Å². The zero-order valence-electron chi connectivity index (χ0n) is 13.1. The molecule has 0 amide bonds. The van der Waals surface area contributed by atoms with Crippen molar-refractivity contribution in [2.24, 2.45) is 0 Å². The summed E-state index contributed by atoms with van der Waals surface area (Å²) in [7, 11) is -7.33. The van der Waals surface area contributed by atoms with Crippen molar-refractivity contribution in [1.82, 2.24) is 4.72 Å². The molecule has 8 heteroatoms. The third-order valence-electron chi connectivity index (χ3n) is 3.57. The van der Waals surface area contributed by atoms with Crippen LogP contribution in [0.25, 0.3) is 0 Å². The van der Waals surface area contributed by atoms with Gasteiger partial charge in [0.2, 0.25) is 10.0 Å². The van der Waals surface area contributed by atoms with Crippen LogP contribution in [-0.2, 0) is 19.9 Å². The van der Waals surface area contributed by atoms with Crippen molar-refractivity contribution in [3.63, 3.8) is 0 Å². The van der Waals surface area contributed by atoms with E-state index < -0.39 is 25.1 Å². The Hall–Kier alpha value is -1.64. The Morgan fingerprint density at radius 3 is 2.30 bits per heavy atom. The summed E-state index contributed by atoms with van der Waals surface area (Å²) in [6.45, 7) is 3.42. The largest absolute Gasteiger partial charge is 0.468 e. The van der Waals surface area contributed by atoms with Crippen LogP contribution in [0, 0.1) is 13.8 Å². The van der Waals surface area contributed by atoms with Crippen LogP contribution in [0.5, 0.6) is 0 Å². The maximum atomic E-state index is 12.9. The van der Waals surface area contributed by atoms with E-state index in [4.69, 9.17) is 4.42 Å². The van der Waals surface area contributed by atoms with Gasteiger partial charge in [-0.2, -0.15) is 0 Å². The van der Waals surface area contributed by atoms with Crippen molar-refractivity contribution in [3.05, 3.63) is 53.5 Å². The van der Waals surface area contributed by atoms with E-state index in [1.807, 2.05) is 13.8 Å². The average Bonchev–Trinajstić information content (AvgIpc) is 2.94. The molecule has 1 aromatic carbocycles. The summed E-state index contributed by atoms with van der Waals surface area (Å²) in [6.07, 6.45) is 2.34. The van der Waals surface area contributed by atoms with Gasteiger partial charge in [-0.3, -0.25) is 0 Å². The van der Waals surface area contributed by atoms with E-state index in [-0.39, 0.29) is 17.2 Å². The van der Waals surface area contributed by atoms with Gasteiger partial charge in [-0.25, -0.2) is 21.6 Å². The first-order valence-corrected chi connectivity index (χ1v) is 10.3. The minimum absolute atomic E-state index is 0.136. The summed E-state index contributed by atoms with van der Waals surface area (Å²) in [5.74, 6) is 0.194. The Kier molecular flexibility index (Phi) is 4.98. The highest BCUT2D eigenvalue weighted by Crippen LogP contribution is 2.30. The van der Waals surface area contributed by atoms with E-state index in [9.17, 15) is 16.8 Å². The molecule has 2 aromatic rings. The molecule has 0 unspecified atom stereocenters. The van der Waals surface area contributed by atoms with Gasteiger partial charge in [0.25, 0.3) is 0 Å². The smallest absolute Gasteiger partial charge is 0.208 e. The van der Waals surface area contributed by atoms with Crippen molar-refractivity contribution >= 4 is 19.9 Å². The quantitative estimate of drug-likeness (QED) is 0.853. The Bertz CT molecular complexity index is 884. The highest BCUT2D eigenvalue weighted by Gasteiger charge is 2.32. The summed E-state index contributed by atoms with van der Waals surface area (Å²) in [5.41, 5.74) is 1.83. The van der Waals surface area contributed by atoms with Gasteiger partial charge in [-0.05, 0) is 49.2 Å². The summed E-state index contributed by atoms with van der Waals surface area (Å²) >= 11 is 0. The summed E-state index contributed by atoms with van der Waals surface area (Å²) in [6, 6.07) is 7.92. The van der Waals surface area contributed by atoms with E-state index in [1.165, 1.54) is 18.4 Å². The van der Waals surface area contributed by atoms with Crippen LogP contribution in [-0.4, -0.2) is 29.6 Å². The minimum atomic E-state index is -3.81. The lowest BCUT2D eigenvalue weighted by atomic mass is 10.1. The van der Waals surface area contributed by atoms with E-state index in [2.05, 4.69) is 4.72 Å². The topological polar surface area (TPSA) is 93.5 Å². The molecule has 1 N–H and O–H groups in total. The van der Waals surface area contributed by atoms with Crippen LogP contribution < -0.4 is 4.72 Å². The summed E-state index contributed by atoms with van der Waals surface area (Å²) < 4.78 is 55.9. The molecule has 0 radical (unpaired) electrons. The Morgan fingerprint density at radius 2 is 1.78 bits per heavy atom. The number of benzene rings is 1. The maximum absolute atomic E-state index is 12.9. The first-order valence-electron chi connectivity index (χ1n) is 6.90. The van der Waals surface area contributed by atoms with Crippen molar-refractivity contribution in [3.8, 4) is 0 Å². The molecule has 23 heavy (non-hydrogen) atoms. The average molecular weight is 357 g/mol. The first kappa shape index (κ1) is 17.7. The number of rotatable bonds is 6. The standard InChI is InChI=1S/C15H19NO5S2/c1-11-6-7-13(9-12(11)2)23(19,20)15(10-16-22(3,17)18)14-5-4-8-21-14/h4-9,15-16H,10H2,1-3H3/t15-/m0/s1. The molecule has 1 aromatic heterocycles. The number of furan rings is 1. The molecule has 0 fully saturated rings. The van der Waals surface area contributed by atoms with Gasteiger partial charge < -0.3 is 4.42 Å². The Morgan fingerprint density at radius 1 is 1.09 bits per heavy atom. The second kappa shape index (κ2) is 6.46. The van der Waals surface area contributed by atoms with Crippen LogP contribution in [0.2, 0.25) is 0 Å². The van der Waals surface area contributed by atoms with Gasteiger partial charge in [0, 0.05) is 6.54 Å². The monoisotopic (exact) mass is 357 g/mol. The van der Waals surface area contributed by atoms with Crippen molar-refractivity contribution in [2.75, 3.05) is 12.8 Å². The fraction of sp³-hybridized carbons (Fsp3) is 0.333. The fourth-order valence-electron chi connectivity index (χ4n) is 2.12. The SMILES string of the molecule is Cc1ccc(S(=O)(=O)[C@@H](CNS(C)(=O)=O)c2ccco2)cc1C.